The number of rotatable bonds is 4. The number of hydrogen-bond donors (Lipinski definition) is 3. The molecule has 1 heterocycles. The number of aromatic amines is 1. The zero-order valence-electron chi connectivity index (χ0n) is 8.88. The summed E-state index contributed by atoms with van der Waals surface area (Å²) in [6, 6.07) is 7.50. The molecular weight excluding hydrogens is 188 g/mol. The van der Waals surface area contributed by atoms with Crippen LogP contribution in [0.25, 0.3) is 10.9 Å². The van der Waals surface area contributed by atoms with Crippen molar-refractivity contribution >= 4 is 10.9 Å². The molecule has 0 amide bonds. The van der Waals surface area contributed by atoms with E-state index < -0.39 is 0 Å². The fourth-order valence-electron chi connectivity index (χ4n) is 1.77. The van der Waals surface area contributed by atoms with Gasteiger partial charge in [0.25, 0.3) is 0 Å². The molecular formula is C12H16N2O. The highest BCUT2D eigenvalue weighted by molar-refractivity contribution is 5.81. The van der Waals surface area contributed by atoms with Gasteiger partial charge in [-0.2, -0.15) is 0 Å². The van der Waals surface area contributed by atoms with Crippen molar-refractivity contribution in [3.63, 3.8) is 0 Å². The number of fused-ring (bicyclic) bond motifs is 1. The van der Waals surface area contributed by atoms with E-state index >= 15 is 0 Å². The zero-order valence-corrected chi connectivity index (χ0v) is 8.88. The molecule has 0 aliphatic heterocycles. The first-order valence-electron chi connectivity index (χ1n) is 5.25. The van der Waals surface area contributed by atoms with Crippen molar-refractivity contribution in [2.45, 2.75) is 12.8 Å². The average Bonchev–Trinajstić information content (AvgIpc) is 2.60. The number of aromatic hydroxyl groups is 1. The molecule has 0 saturated carbocycles. The van der Waals surface area contributed by atoms with Crippen molar-refractivity contribution in [1.29, 1.82) is 0 Å². The molecule has 0 fully saturated rings. The fraction of sp³-hybridized carbons (Fsp3) is 0.333. The first-order valence-corrected chi connectivity index (χ1v) is 5.25. The molecule has 2 rings (SSSR count). The van der Waals surface area contributed by atoms with E-state index in [2.05, 4.69) is 16.4 Å². The van der Waals surface area contributed by atoms with E-state index in [9.17, 15) is 5.11 Å². The summed E-state index contributed by atoms with van der Waals surface area (Å²) in [5, 5.41) is 13.5. The third kappa shape index (κ3) is 2.30. The Morgan fingerprint density at radius 2 is 2.20 bits per heavy atom. The molecule has 1 aromatic carbocycles. The maximum atomic E-state index is 9.33. The molecule has 0 radical (unpaired) electrons. The molecule has 15 heavy (non-hydrogen) atoms. The molecule has 0 bridgehead atoms. The number of benzene rings is 1. The predicted octanol–water partition coefficient (Wildman–Crippen LogP) is 2.03. The first kappa shape index (κ1) is 10.1. The van der Waals surface area contributed by atoms with Gasteiger partial charge in [0.05, 0.1) is 0 Å². The van der Waals surface area contributed by atoms with Crippen molar-refractivity contribution in [3.05, 3.63) is 30.0 Å². The Balaban J connectivity index is 2.16. The van der Waals surface area contributed by atoms with Crippen molar-refractivity contribution < 1.29 is 5.11 Å². The van der Waals surface area contributed by atoms with Crippen molar-refractivity contribution in [1.82, 2.24) is 10.3 Å². The van der Waals surface area contributed by atoms with Crippen molar-refractivity contribution in [2.24, 2.45) is 0 Å². The van der Waals surface area contributed by atoms with Crippen LogP contribution in [0.15, 0.2) is 24.3 Å². The molecule has 1 aromatic heterocycles. The second-order valence-electron chi connectivity index (χ2n) is 3.77. The van der Waals surface area contributed by atoms with Gasteiger partial charge in [0.15, 0.2) is 0 Å². The van der Waals surface area contributed by atoms with E-state index in [1.165, 1.54) is 5.69 Å². The monoisotopic (exact) mass is 204 g/mol. The Labute approximate surface area is 89.1 Å². The highest BCUT2D eigenvalue weighted by Crippen LogP contribution is 2.20. The minimum atomic E-state index is 0.322. The molecule has 0 saturated heterocycles. The summed E-state index contributed by atoms with van der Waals surface area (Å²) >= 11 is 0. The summed E-state index contributed by atoms with van der Waals surface area (Å²) in [6.07, 6.45) is 2.16. The van der Waals surface area contributed by atoms with Gasteiger partial charge in [0.2, 0.25) is 0 Å². The van der Waals surface area contributed by atoms with Gasteiger partial charge in [0.1, 0.15) is 5.75 Å². The van der Waals surface area contributed by atoms with Crippen LogP contribution in [0.3, 0.4) is 0 Å². The topological polar surface area (TPSA) is 48.0 Å². The van der Waals surface area contributed by atoms with Crippen LogP contribution in [-0.2, 0) is 6.42 Å². The van der Waals surface area contributed by atoms with E-state index in [0.717, 1.165) is 30.3 Å². The quantitative estimate of drug-likeness (QED) is 0.667. The van der Waals surface area contributed by atoms with Crippen LogP contribution in [-0.4, -0.2) is 23.7 Å². The molecule has 0 aliphatic carbocycles. The first-order chi connectivity index (χ1) is 7.29. The van der Waals surface area contributed by atoms with Crippen LogP contribution in [0.4, 0.5) is 0 Å². The number of phenolic OH excluding ortho intramolecular Hbond substituents is 1. The lowest BCUT2D eigenvalue weighted by Gasteiger charge is -1.96. The third-order valence-electron chi connectivity index (χ3n) is 2.53. The van der Waals surface area contributed by atoms with E-state index in [1.807, 2.05) is 13.1 Å². The van der Waals surface area contributed by atoms with Crippen LogP contribution in [0.5, 0.6) is 5.75 Å². The maximum Gasteiger partial charge on any atom is 0.116 e. The minimum Gasteiger partial charge on any atom is -0.508 e. The van der Waals surface area contributed by atoms with E-state index in [-0.39, 0.29) is 0 Å². The lowest BCUT2D eigenvalue weighted by atomic mass is 10.2. The second-order valence-corrected chi connectivity index (χ2v) is 3.77. The molecule has 0 spiro atoms. The summed E-state index contributed by atoms with van der Waals surface area (Å²) in [5.74, 6) is 0.322. The van der Waals surface area contributed by atoms with E-state index in [4.69, 9.17) is 0 Å². The van der Waals surface area contributed by atoms with E-state index in [1.54, 1.807) is 12.1 Å². The lowest BCUT2D eigenvalue weighted by Crippen LogP contribution is -2.08. The Morgan fingerprint density at radius 3 is 3.00 bits per heavy atom. The SMILES string of the molecule is CNCCCc1cc2cc(O)ccc2[nH]1. The Morgan fingerprint density at radius 1 is 1.33 bits per heavy atom. The van der Waals surface area contributed by atoms with Gasteiger partial charge in [-0.25, -0.2) is 0 Å². The third-order valence-corrected chi connectivity index (χ3v) is 2.53. The van der Waals surface area contributed by atoms with Gasteiger partial charge >= 0.3 is 0 Å². The molecule has 2 aromatic rings. The van der Waals surface area contributed by atoms with Crippen LogP contribution in [0.1, 0.15) is 12.1 Å². The Hall–Kier alpha value is -1.48. The molecule has 0 aliphatic rings. The van der Waals surface area contributed by atoms with Gasteiger partial charge in [-0.15, -0.1) is 0 Å². The van der Waals surface area contributed by atoms with Gasteiger partial charge in [0, 0.05) is 16.6 Å². The summed E-state index contributed by atoms with van der Waals surface area (Å²) in [7, 11) is 1.96. The Kier molecular flexibility index (Phi) is 2.92. The largest absolute Gasteiger partial charge is 0.508 e. The Bertz CT molecular complexity index is 448. The normalized spacial score (nSPS) is 11.0. The number of hydrogen-bond acceptors (Lipinski definition) is 2. The smallest absolute Gasteiger partial charge is 0.116 e. The van der Waals surface area contributed by atoms with Crippen LogP contribution < -0.4 is 5.32 Å². The van der Waals surface area contributed by atoms with E-state index in [0.29, 0.717) is 5.75 Å². The second kappa shape index (κ2) is 4.36. The van der Waals surface area contributed by atoms with Gasteiger partial charge in [-0.05, 0) is 50.7 Å². The standard InChI is InChI=1S/C12H16N2O/c1-13-6-2-3-10-7-9-8-11(15)4-5-12(9)14-10/h4-5,7-8,13-15H,2-3,6H2,1H3. The molecule has 3 N–H and O–H groups in total. The van der Waals surface area contributed by atoms with Crippen molar-refractivity contribution in [3.8, 4) is 5.75 Å². The summed E-state index contributed by atoms with van der Waals surface area (Å²) in [5.41, 5.74) is 2.32. The summed E-state index contributed by atoms with van der Waals surface area (Å²) < 4.78 is 0. The maximum absolute atomic E-state index is 9.33. The predicted molar refractivity (Wildman–Crippen MR) is 62.2 cm³/mol. The summed E-state index contributed by atoms with van der Waals surface area (Å²) in [4.78, 5) is 3.34. The van der Waals surface area contributed by atoms with Crippen LogP contribution >= 0.6 is 0 Å². The average molecular weight is 204 g/mol. The number of aromatic nitrogens is 1. The molecule has 3 nitrogen and oxygen atoms in total. The number of aryl methyl sites for hydroxylation is 1. The number of nitrogens with one attached hydrogen (secondary N) is 2. The highest BCUT2D eigenvalue weighted by atomic mass is 16.3. The van der Waals surface area contributed by atoms with Crippen molar-refractivity contribution in [2.75, 3.05) is 13.6 Å². The molecule has 80 valence electrons. The molecule has 0 atom stereocenters. The van der Waals surface area contributed by atoms with Crippen LogP contribution in [0, 0.1) is 0 Å². The zero-order chi connectivity index (χ0) is 10.7. The fourth-order valence-corrected chi connectivity index (χ4v) is 1.77. The van der Waals surface area contributed by atoms with Gasteiger partial charge in [-0.3, -0.25) is 0 Å². The van der Waals surface area contributed by atoms with Gasteiger partial charge < -0.3 is 15.4 Å². The molecule has 3 heteroatoms. The summed E-state index contributed by atoms with van der Waals surface area (Å²) in [6.45, 7) is 1.03. The number of H-pyrrole nitrogens is 1. The minimum absolute atomic E-state index is 0.322. The number of phenols is 1. The highest BCUT2D eigenvalue weighted by Gasteiger charge is 2.01. The van der Waals surface area contributed by atoms with Gasteiger partial charge in [-0.1, -0.05) is 0 Å². The lowest BCUT2D eigenvalue weighted by molar-refractivity contribution is 0.476. The van der Waals surface area contributed by atoms with Crippen LogP contribution in [0.2, 0.25) is 0 Å². The molecule has 0 unspecified atom stereocenters.